The lowest BCUT2D eigenvalue weighted by Gasteiger charge is -2.18. The van der Waals surface area contributed by atoms with Gasteiger partial charge in [0.05, 0.1) is 12.1 Å². The molecule has 1 aliphatic rings. The van der Waals surface area contributed by atoms with Crippen LogP contribution in [0.2, 0.25) is 0 Å². The summed E-state index contributed by atoms with van der Waals surface area (Å²) in [6.45, 7) is 3.05. The average molecular weight is 330 g/mol. The van der Waals surface area contributed by atoms with Crippen LogP contribution in [-0.2, 0) is 11.2 Å². The van der Waals surface area contributed by atoms with Crippen molar-refractivity contribution in [2.75, 3.05) is 13.2 Å². The number of aromatic nitrogens is 2. The molecule has 0 saturated carbocycles. The van der Waals surface area contributed by atoms with E-state index in [1.807, 2.05) is 34.9 Å². The molecule has 3 heterocycles. The minimum Gasteiger partial charge on any atom is -0.486 e. The number of carboxylic acids is 1. The molecule has 0 unspecified atom stereocenters. The molecule has 0 aliphatic carbocycles. The van der Waals surface area contributed by atoms with Gasteiger partial charge >= 0.3 is 5.97 Å². The van der Waals surface area contributed by atoms with Crippen LogP contribution in [0.3, 0.4) is 0 Å². The van der Waals surface area contributed by atoms with Gasteiger partial charge in [-0.25, -0.2) is 4.98 Å². The first-order valence-electron chi connectivity index (χ1n) is 7.21. The summed E-state index contributed by atoms with van der Waals surface area (Å²) in [4.78, 5) is 16.4. The van der Waals surface area contributed by atoms with Crippen molar-refractivity contribution in [2.24, 2.45) is 0 Å². The maximum Gasteiger partial charge on any atom is 0.309 e. The third-order valence-corrected chi connectivity index (χ3v) is 4.69. The summed E-state index contributed by atoms with van der Waals surface area (Å²) in [5.41, 5.74) is 3.44. The van der Waals surface area contributed by atoms with Gasteiger partial charge in [0.25, 0.3) is 0 Å². The molecule has 0 fully saturated rings. The van der Waals surface area contributed by atoms with Crippen LogP contribution in [0.15, 0.2) is 23.6 Å². The first kappa shape index (κ1) is 14.1. The third-order valence-electron chi connectivity index (χ3n) is 3.81. The standard InChI is InChI=1S/C16H14N2O4S/c1-9-15(10-2-3-12-13(6-10)22-5-4-21-12)17-16-18(9)11(8-23-16)7-14(19)20/h2-3,6,8H,4-5,7H2,1H3,(H,19,20). The molecule has 0 saturated heterocycles. The highest BCUT2D eigenvalue weighted by atomic mass is 32.1. The molecule has 0 amide bonds. The van der Waals surface area contributed by atoms with Crippen molar-refractivity contribution in [3.05, 3.63) is 35.0 Å². The molecule has 1 aliphatic heterocycles. The Balaban J connectivity index is 1.81. The average Bonchev–Trinajstić information content (AvgIpc) is 3.08. The minimum atomic E-state index is -0.848. The summed E-state index contributed by atoms with van der Waals surface area (Å²) in [6.07, 6.45) is -0.0161. The van der Waals surface area contributed by atoms with E-state index in [1.165, 1.54) is 11.3 Å². The Labute approximate surface area is 135 Å². The molecule has 2 aromatic heterocycles. The van der Waals surface area contributed by atoms with Crippen LogP contribution in [-0.4, -0.2) is 33.7 Å². The Kier molecular flexibility index (Phi) is 3.23. The number of benzene rings is 1. The summed E-state index contributed by atoms with van der Waals surface area (Å²) in [5.74, 6) is 0.610. The van der Waals surface area contributed by atoms with E-state index in [1.54, 1.807) is 0 Å². The maximum atomic E-state index is 11.0. The van der Waals surface area contributed by atoms with Crippen LogP contribution < -0.4 is 9.47 Å². The third kappa shape index (κ3) is 2.33. The molecule has 1 N–H and O–H groups in total. The summed E-state index contributed by atoms with van der Waals surface area (Å²) in [6, 6.07) is 5.75. The molecular formula is C16H14N2O4S. The van der Waals surface area contributed by atoms with E-state index in [0.29, 0.717) is 13.2 Å². The fourth-order valence-electron chi connectivity index (χ4n) is 2.81. The molecule has 0 spiro atoms. The number of aryl methyl sites for hydroxylation is 1. The summed E-state index contributed by atoms with van der Waals surface area (Å²) in [5, 5.41) is 10.9. The van der Waals surface area contributed by atoms with Crippen molar-refractivity contribution in [2.45, 2.75) is 13.3 Å². The Morgan fingerprint density at radius 1 is 1.35 bits per heavy atom. The van der Waals surface area contributed by atoms with E-state index in [4.69, 9.17) is 14.6 Å². The van der Waals surface area contributed by atoms with E-state index in [2.05, 4.69) is 4.98 Å². The van der Waals surface area contributed by atoms with Gasteiger partial charge in [0.15, 0.2) is 16.5 Å². The molecule has 3 aromatic rings. The number of aliphatic carboxylic acids is 1. The summed E-state index contributed by atoms with van der Waals surface area (Å²) in [7, 11) is 0. The van der Waals surface area contributed by atoms with Crippen molar-refractivity contribution in [3.63, 3.8) is 0 Å². The Morgan fingerprint density at radius 2 is 2.13 bits per heavy atom. The van der Waals surface area contributed by atoms with Gasteiger partial charge in [0, 0.05) is 22.3 Å². The van der Waals surface area contributed by atoms with Gasteiger partial charge < -0.3 is 14.6 Å². The number of ether oxygens (including phenoxy) is 2. The number of nitrogens with zero attached hydrogens (tertiary/aromatic N) is 2. The van der Waals surface area contributed by atoms with Gasteiger partial charge in [-0.2, -0.15) is 0 Å². The zero-order valence-electron chi connectivity index (χ0n) is 12.4. The highest BCUT2D eigenvalue weighted by Gasteiger charge is 2.18. The van der Waals surface area contributed by atoms with E-state index in [9.17, 15) is 4.79 Å². The smallest absolute Gasteiger partial charge is 0.309 e. The Morgan fingerprint density at radius 3 is 2.91 bits per heavy atom. The van der Waals surface area contributed by atoms with Crippen LogP contribution in [0.25, 0.3) is 16.2 Å². The Hall–Kier alpha value is -2.54. The number of fused-ring (bicyclic) bond motifs is 2. The maximum absolute atomic E-state index is 11.0. The molecule has 6 nitrogen and oxygen atoms in total. The van der Waals surface area contributed by atoms with Crippen molar-refractivity contribution < 1.29 is 19.4 Å². The summed E-state index contributed by atoms with van der Waals surface area (Å²) < 4.78 is 13.1. The SMILES string of the molecule is Cc1c(-c2ccc3c(c2)OCCO3)nc2scc(CC(=O)O)n12. The lowest BCUT2D eigenvalue weighted by atomic mass is 10.1. The molecule has 0 radical (unpaired) electrons. The molecule has 118 valence electrons. The first-order chi connectivity index (χ1) is 11.1. The van der Waals surface area contributed by atoms with E-state index < -0.39 is 5.97 Å². The second-order valence-electron chi connectivity index (χ2n) is 5.32. The molecule has 23 heavy (non-hydrogen) atoms. The van der Waals surface area contributed by atoms with Crippen LogP contribution in [0.4, 0.5) is 0 Å². The van der Waals surface area contributed by atoms with E-state index >= 15 is 0 Å². The van der Waals surface area contributed by atoms with Gasteiger partial charge in [0.2, 0.25) is 0 Å². The number of hydrogen-bond acceptors (Lipinski definition) is 5. The molecule has 1 aromatic carbocycles. The fourth-order valence-corrected chi connectivity index (χ4v) is 3.74. The molecular weight excluding hydrogens is 316 g/mol. The van der Waals surface area contributed by atoms with E-state index in [0.717, 1.165) is 39.1 Å². The van der Waals surface area contributed by atoms with Gasteiger partial charge in [0.1, 0.15) is 13.2 Å². The molecule has 0 atom stereocenters. The number of carboxylic acid groups (broad SMARTS) is 1. The van der Waals surface area contributed by atoms with Crippen LogP contribution in [0, 0.1) is 6.92 Å². The lowest BCUT2D eigenvalue weighted by Crippen LogP contribution is -2.15. The topological polar surface area (TPSA) is 73.1 Å². The second kappa shape index (κ2) is 5.27. The van der Waals surface area contributed by atoms with Crippen LogP contribution in [0.1, 0.15) is 11.4 Å². The van der Waals surface area contributed by atoms with E-state index in [-0.39, 0.29) is 6.42 Å². The lowest BCUT2D eigenvalue weighted by molar-refractivity contribution is -0.136. The number of carbonyl (C=O) groups is 1. The monoisotopic (exact) mass is 330 g/mol. The fraction of sp³-hybridized carbons (Fsp3) is 0.250. The normalized spacial score (nSPS) is 13.4. The first-order valence-corrected chi connectivity index (χ1v) is 8.08. The predicted octanol–water partition coefficient (Wildman–Crippen LogP) is 2.77. The zero-order valence-corrected chi connectivity index (χ0v) is 13.2. The van der Waals surface area contributed by atoms with Gasteiger partial charge in [-0.3, -0.25) is 9.20 Å². The van der Waals surface area contributed by atoms with Crippen LogP contribution in [0.5, 0.6) is 11.5 Å². The highest BCUT2D eigenvalue weighted by Crippen LogP contribution is 2.36. The van der Waals surface area contributed by atoms with Gasteiger partial charge in [-0.1, -0.05) is 0 Å². The number of imidazole rings is 1. The van der Waals surface area contributed by atoms with Crippen molar-refractivity contribution in [3.8, 4) is 22.8 Å². The number of rotatable bonds is 3. The molecule has 7 heteroatoms. The minimum absolute atomic E-state index is 0.0161. The number of hydrogen-bond donors (Lipinski definition) is 1. The van der Waals surface area contributed by atoms with Crippen LogP contribution >= 0.6 is 11.3 Å². The molecule has 4 rings (SSSR count). The predicted molar refractivity (Wildman–Crippen MR) is 85.6 cm³/mol. The second-order valence-corrected chi connectivity index (χ2v) is 6.16. The van der Waals surface area contributed by atoms with Gasteiger partial charge in [-0.15, -0.1) is 11.3 Å². The summed E-state index contributed by atoms with van der Waals surface area (Å²) >= 11 is 1.45. The highest BCUT2D eigenvalue weighted by molar-refractivity contribution is 7.15. The Bertz CT molecular complexity index is 912. The number of thiazole rings is 1. The molecule has 0 bridgehead atoms. The van der Waals surface area contributed by atoms with Crippen molar-refractivity contribution >= 4 is 22.3 Å². The largest absolute Gasteiger partial charge is 0.486 e. The van der Waals surface area contributed by atoms with Crippen molar-refractivity contribution in [1.82, 2.24) is 9.38 Å². The quantitative estimate of drug-likeness (QED) is 0.799. The van der Waals surface area contributed by atoms with Gasteiger partial charge in [-0.05, 0) is 25.1 Å². The van der Waals surface area contributed by atoms with Crippen molar-refractivity contribution in [1.29, 1.82) is 0 Å². The zero-order chi connectivity index (χ0) is 16.0.